The quantitative estimate of drug-likeness (QED) is 0.828. The number of ether oxygens (including phenoxy) is 2. The van der Waals surface area contributed by atoms with E-state index >= 15 is 0 Å². The molecule has 0 aliphatic carbocycles. The van der Waals surface area contributed by atoms with Crippen LogP contribution in [0, 0.1) is 0 Å². The molecule has 1 aromatic heterocycles. The summed E-state index contributed by atoms with van der Waals surface area (Å²) in [5.41, 5.74) is 0.281. The number of hydrogen-bond acceptors (Lipinski definition) is 5. The molecule has 1 amide bonds. The lowest BCUT2D eigenvalue weighted by molar-refractivity contribution is 0.0479. The summed E-state index contributed by atoms with van der Waals surface area (Å²) in [6.07, 6.45) is 0.961. The lowest BCUT2D eigenvalue weighted by Gasteiger charge is -2.22. The van der Waals surface area contributed by atoms with Crippen molar-refractivity contribution in [1.82, 2.24) is 9.88 Å². The Morgan fingerprint density at radius 1 is 1.07 bits per heavy atom. The molecule has 0 saturated carbocycles. The Kier molecular flexibility index (Phi) is 6.39. The van der Waals surface area contributed by atoms with Gasteiger partial charge in [-0.25, -0.2) is 9.59 Å². The highest BCUT2D eigenvalue weighted by molar-refractivity contribution is 5.92. The minimum absolute atomic E-state index is 0.259. The lowest BCUT2D eigenvalue weighted by Crippen LogP contribution is -2.42. The normalized spacial score (nSPS) is 13.2. The van der Waals surface area contributed by atoms with Crippen LogP contribution in [-0.4, -0.2) is 45.7 Å². The van der Waals surface area contributed by atoms with Crippen molar-refractivity contribution in [3.63, 3.8) is 0 Å². The van der Waals surface area contributed by atoms with Crippen LogP contribution >= 0.6 is 0 Å². The Hall–Kier alpha value is -2.54. The summed E-state index contributed by atoms with van der Waals surface area (Å²) in [4.78, 5) is 24.6. The third-order valence-corrected chi connectivity index (χ3v) is 3.79. The molecule has 0 saturated heterocycles. The second-order valence-corrected chi connectivity index (χ2v) is 8.75. The highest BCUT2D eigenvalue weighted by atomic mass is 16.6. The number of rotatable bonds is 4. The maximum atomic E-state index is 12.6. The second kappa shape index (κ2) is 8.22. The summed E-state index contributed by atoms with van der Waals surface area (Å²) < 4.78 is 12.2. The van der Waals surface area contributed by atoms with Crippen molar-refractivity contribution in [3.8, 4) is 0 Å². The van der Waals surface area contributed by atoms with Gasteiger partial charge >= 0.3 is 12.2 Å². The number of hydrogen-bond donors (Lipinski definition) is 2. The van der Waals surface area contributed by atoms with Gasteiger partial charge in [0.1, 0.15) is 11.2 Å². The van der Waals surface area contributed by atoms with E-state index in [9.17, 15) is 14.7 Å². The van der Waals surface area contributed by atoms with Gasteiger partial charge in [0.15, 0.2) is 0 Å². The number of nitrogens with one attached hydrogen (secondary N) is 1. The van der Waals surface area contributed by atoms with Gasteiger partial charge in [0.2, 0.25) is 0 Å². The van der Waals surface area contributed by atoms with Crippen LogP contribution in [0.15, 0.2) is 30.5 Å². The molecule has 2 aromatic rings. The van der Waals surface area contributed by atoms with Crippen LogP contribution in [-0.2, 0) is 15.9 Å². The first-order chi connectivity index (χ1) is 12.9. The predicted octanol–water partition coefficient (Wildman–Crippen LogP) is 3.85. The van der Waals surface area contributed by atoms with Crippen molar-refractivity contribution in [1.29, 1.82) is 0 Å². The Labute approximate surface area is 165 Å². The van der Waals surface area contributed by atoms with Crippen molar-refractivity contribution in [2.45, 2.75) is 65.2 Å². The number of amides is 1. The predicted molar refractivity (Wildman–Crippen MR) is 108 cm³/mol. The van der Waals surface area contributed by atoms with Gasteiger partial charge in [-0.2, -0.15) is 0 Å². The zero-order valence-corrected chi connectivity index (χ0v) is 17.4. The molecule has 0 spiro atoms. The van der Waals surface area contributed by atoms with E-state index in [4.69, 9.17) is 9.47 Å². The molecule has 28 heavy (non-hydrogen) atoms. The third-order valence-electron chi connectivity index (χ3n) is 3.79. The number of aromatic nitrogens is 1. The van der Waals surface area contributed by atoms with Gasteiger partial charge in [-0.1, -0.05) is 18.2 Å². The van der Waals surface area contributed by atoms with Gasteiger partial charge in [0.05, 0.1) is 18.2 Å². The van der Waals surface area contributed by atoms with Crippen LogP contribution in [0.1, 0.15) is 47.1 Å². The summed E-state index contributed by atoms with van der Waals surface area (Å²) in [5.74, 6) is 0. The number of aliphatic hydroxyl groups excluding tert-OH is 1. The van der Waals surface area contributed by atoms with Crippen molar-refractivity contribution < 1.29 is 24.2 Å². The Balaban J connectivity index is 2.26. The minimum Gasteiger partial charge on any atom is -0.444 e. The molecular weight excluding hydrogens is 360 g/mol. The SMILES string of the molecule is CC(C)(C)OC(=O)N[C@H](CO)Cc1cn(C(=O)OC(C)(C)C)c2ccccc12. The number of aliphatic hydroxyl groups is 1. The number of nitrogens with zero attached hydrogens (tertiary/aromatic N) is 1. The lowest BCUT2D eigenvalue weighted by atomic mass is 10.1. The van der Waals surface area contributed by atoms with Crippen LogP contribution < -0.4 is 5.32 Å². The average molecular weight is 390 g/mol. The largest absolute Gasteiger partial charge is 0.444 e. The molecule has 7 heteroatoms. The minimum atomic E-state index is -0.628. The first-order valence-corrected chi connectivity index (χ1v) is 9.32. The number of carbonyl (C=O) groups excluding carboxylic acids is 2. The van der Waals surface area contributed by atoms with E-state index in [2.05, 4.69) is 5.32 Å². The monoisotopic (exact) mass is 390 g/mol. The van der Waals surface area contributed by atoms with Gasteiger partial charge in [-0.15, -0.1) is 0 Å². The molecule has 1 heterocycles. The van der Waals surface area contributed by atoms with Crippen LogP contribution in [0.25, 0.3) is 10.9 Å². The smallest absolute Gasteiger partial charge is 0.419 e. The van der Waals surface area contributed by atoms with Crippen molar-refractivity contribution >= 4 is 23.1 Å². The number of para-hydroxylation sites is 1. The zero-order valence-electron chi connectivity index (χ0n) is 17.4. The highest BCUT2D eigenvalue weighted by Crippen LogP contribution is 2.24. The molecule has 0 fully saturated rings. The molecule has 0 bridgehead atoms. The Bertz CT molecular complexity index is 843. The maximum Gasteiger partial charge on any atom is 0.419 e. The summed E-state index contributed by atoms with van der Waals surface area (Å²) in [6.45, 7) is 10.5. The first-order valence-electron chi connectivity index (χ1n) is 9.32. The molecule has 7 nitrogen and oxygen atoms in total. The van der Waals surface area contributed by atoms with E-state index in [0.29, 0.717) is 11.9 Å². The summed E-state index contributed by atoms with van der Waals surface area (Å²) in [7, 11) is 0. The van der Waals surface area contributed by atoms with Crippen molar-refractivity contribution in [2.75, 3.05) is 6.61 Å². The fourth-order valence-electron chi connectivity index (χ4n) is 2.78. The van der Waals surface area contributed by atoms with E-state index in [1.807, 2.05) is 45.0 Å². The maximum absolute atomic E-state index is 12.6. The topological polar surface area (TPSA) is 89.8 Å². The average Bonchev–Trinajstić information content (AvgIpc) is 2.90. The van der Waals surface area contributed by atoms with Gasteiger partial charge in [-0.05, 0) is 59.6 Å². The van der Waals surface area contributed by atoms with Gasteiger partial charge < -0.3 is 19.9 Å². The van der Waals surface area contributed by atoms with E-state index in [-0.39, 0.29) is 6.61 Å². The molecule has 0 aliphatic heterocycles. The van der Waals surface area contributed by atoms with Crippen LogP contribution in [0.3, 0.4) is 0 Å². The van der Waals surface area contributed by atoms with E-state index < -0.39 is 29.4 Å². The molecule has 0 unspecified atom stereocenters. The Morgan fingerprint density at radius 3 is 2.25 bits per heavy atom. The molecule has 2 N–H and O–H groups in total. The molecule has 2 rings (SSSR count). The van der Waals surface area contributed by atoms with Crippen LogP contribution in [0.2, 0.25) is 0 Å². The van der Waals surface area contributed by atoms with E-state index in [0.717, 1.165) is 10.9 Å². The molecular formula is C21H30N2O5. The molecule has 1 aromatic carbocycles. The number of alkyl carbamates (subject to hydrolysis) is 1. The molecule has 0 radical (unpaired) electrons. The van der Waals surface area contributed by atoms with Gasteiger partial charge in [0.25, 0.3) is 0 Å². The standard InChI is InChI=1S/C21H30N2O5/c1-20(2,3)27-18(25)22-15(13-24)11-14-12-23(19(26)28-21(4,5)6)17-10-8-7-9-16(14)17/h7-10,12,15,24H,11,13H2,1-6H3,(H,22,25)/t15-/m0/s1. The summed E-state index contributed by atoms with van der Waals surface area (Å²) in [6, 6.07) is 6.90. The second-order valence-electron chi connectivity index (χ2n) is 8.75. The zero-order chi connectivity index (χ0) is 21.1. The number of fused-ring (bicyclic) bond motifs is 1. The van der Waals surface area contributed by atoms with E-state index in [1.54, 1.807) is 27.0 Å². The molecule has 0 aliphatic rings. The summed E-state index contributed by atoms with van der Waals surface area (Å²) in [5, 5.41) is 13.2. The summed E-state index contributed by atoms with van der Waals surface area (Å²) >= 11 is 0. The van der Waals surface area contributed by atoms with Crippen molar-refractivity contribution in [3.05, 3.63) is 36.0 Å². The van der Waals surface area contributed by atoms with Crippen molar-refractivity contribution in [2.24, 2.45) is 0 Å². The number of carbonyl (C=O) groups is 2. The fraction of sp³-hybridized carbons (Fsp3) is 0.524. The highest BCUT2D eigenvalue weighted by Gasteiger charge is 2.23. The van der Waals surface area contributed by atoms with E-state index in [1.165, 1.54) is 4.57 Å². The number of benzene rings is 1. The van der Waals surface area contributed by atoms with Gasteiger partial charge in [0, 0.05) is 11.6 Å². The molecule has 1 atom stereocenters. The van der Waals surface area contributed by atoms with Gasteiger partial charge in [-0.3, -0.25) is 4.57 Å². The Morgan fingerprint density at radius 2 is 1.68 bits per heavy atom. The fourth-order valence-corrected chi connectivity index (χ4v) is 2.78. The van der Waals surface area contributed by atoms with Crippen LogP contribution in [0.4, 0.5) is 9.59 Å². The molecule has 154 valence electrons. The third kappa shape index (κ3) is 5.99. The van der Waals surface area contributed by atoms with Crippen LogP contribution in [0.5, 0.6) is 0 Å². The first kappa shape index (κ1) is 21.8.